The molecule has 0 aliphatic carbocycles. The number of carbonyl (C=O) groups is 1. The van der Waals surface area contributed by atoms with Crippen molar-refractivity contribution in [3.63, 3.8) is 0 Å². The second-order valence-corrected chi connectivity index (χ2v) is 6.70. The Morgan fingerprint density at radius 3 is 2.31 bits per heavy atom. The quantitative estimate of drug-likeness (QED) is 0.804. The fourth-order valence-electron chi connectivity index (χ4n) is 1.73. The molecule has 12 heteroatoms. The normalized spacial score (nSPS) is 11.9. The second-order valence-electron chi connectivity index (χ2n) is 4.95. The summed E-state index contributed by atoms with van der Waals surface area (Å²) < 4.78 is 93.4. The van der Waals surface area contributed by atoms with Gasteiger partial charge < -0.3 is 4.74 Å². The topological polar surface area (TPSA) is 85.4 Å². The molecule has 1 heterocycles. The molecule has 1 aromatic heterocycles. The van der Waals surface area contributed by atoms with Crippen LogP contribution in [0.3, 0.4) is 0 Å². The third-order valence-electron chi connectivity index (χ3n) is 2.82. The molecule has 2 rings (SSSR count). The van der Waals surface area contributed by atoms with Crippen LogP contribution in [0.1, 0.15) is 15.9 Å². The molecular formula is C14H9F5N2O4S. The monoisotopic (exact) mass is 396 g/mol. The summed E-state index contributed by atoms with van der Waals surface area (Å²) in [7, 11) is -4.00. The standard InChI is InChI=1S/C14H9F5N2O4S/c1-26(23,24)21-13(22)8-4-10(16)11(5-9(8)15)25-12-3-2-7(6-20-12)14(17,18)19/h2-6H,1H3,(H,21,22). The van der Waals surface area contributed by atoms with Crippen molar-refractivity contribution in [3.05, 3.63) is 53.2 Å². The summed E-state index contributed by atoms with van der Waals surface area (Å²) in [6, 6.07) is 2.25. The van der Waals surface area contributed by atoms with Gasteiger partial charge in [0.25, 0.3) is 5.91 Å². The zero-order chi connectivity index (χ0) is 19.7. The number of carbonyl (C=O) groups excluding carboxylic acids is 1. The number of sulfonamides is 1. The fourth-order valence-corrected chi connectivity index (χ4v) is 2.17. The van der Waals surface area contributed by atoms with E-state index in [0.29, 0.717) is 30.7 Å². The van der Waals surface area contributed by atoms with Gasteiger partial charge in [0.15, 0.2) is 11.6 Å². The van der Waals surface area contributed by atoms with Gasteiger partial charge in [0.1, 0.15) is 5.82 Å². The number of amides is 1. The zero-order valence-electron chi connectivity index (χ0n) is 12.8. The van der Waals surface area contributed by atoms with Crippen molar-refractivity contribution < 1.29 is 39.9 Å². The predicted molar refractivity (Wildman–Crippen MR) is 78.0 cm³/mol. The Labute approximate surface area is 143 Å². The van der Waals surface area contributed by atoms with Gasteiger partial charge in [0.05, 0.1) is 17.4 Å². The number of aromatic nitrogens is 1. The Bertz CT molecular complexity index is 943. The van der Waals surface area contributed by atoms with Gasteiger partial charge in [-0.2, -0.15) is 13.2 Å². The Balaban J connectivity index is 2.26. The Hall–Kier alpha value is -2.76. The fraction of sp³-hybridized carbons (Fsp3) is 0.143. The van der Waals surface area contributed by atoms with Crippen LogP contribution >= 0.6 is 0 Å². The minimum Gasteiger partial charge on any atom is -0.436 e. The summed E-state index contributed by atoms with van der Waals surface area (Å²) in [5, 5.41) is 0. The van der Waals surface area contributed by atoms with E-state index in [2.05, 4.69) is 4.98 Å². The Morgan fingerprint density at radius 2 is 1.81 bits per heavy atom. The van der Waals surface area contributed by atoms with Crippen molar-refractivity contribution in [1.29, 1.82) is 0 Å². The first-order valence-corrected chi connectivity index (χ1v) is 8.48. The molecule has 0 aliphatic heterocycles. The minimum atomic E-state index is -4.63. The molecule has 1 amide bonds. The highest BCUT2D eigenvalue weighted by molar-refractivity contribution is 7.89. The van der Waals surface area contributed by atoms with Crippen LogP contribution < -0.4 is 9.46 Å². The van der Waals surface area contributed by atoms with Gasteiger partial charge in [-0.05, 0) is 12.1 Å². The van der Waals surface area contributed by atoms with E-state index < -0.39 is 56.5 Å². The number of nitrogens with zero attached hydrogens (tertiary/aromatic N) is 1. The molecule has 0 radical (unpaired) electrons. The number of halogens is 5. The molecule has 0 fully saturated rings. The second kappa shape index (κ2) is 6.86. The van der Waals surface area contributed by atoms with Gasteiger partial charge in [-0.25, -0.2) is 26.9 Å². The summed E-state index contributed by atoms with van der Waals surface area (Å²) in [5.41, 5.74) is -1.97. The van der Waals surface area contributed by atoms with Crippen LogP contribution in [0.5, 0.6) is 11.6 Å². The van der Waals surface area contributed by atoms with Gasteiger partial charge in [-0.1, -0.05) is 0 Å². The van der Waals surface area contributed by atoms with E-state index in [0.717, 1.165) is 6.07 Å². The largest absolute Gasteiger partial charge is 0.436 e. The van der Waals surface area contributed by atoms with Crippen LogP contribution in [0.2, 0.25) is 0 Å². The van der Waals surface area contributed by atoms with Crippen LogP contribution in [0, 0.1) is 11.6 Å². The molecule has 0 aliphatic rings. The molecule has 0 unspecified atom stereocenters. The van der Waals surface area contributed by atoms with Crippen molar-refractivity contribution in [2.45, 2.75) is 6.18 Å². The smallest absolute Gasteiger partial charge is 0.417 e. The molecule has 0 saturated carbocycles. The number of hydrogen-bond donors (Lipinski definition) is 1. The molecule has 0 saturated heterocycles. The van der Waals surface area contributed by atoms with Crippen molar-refractivity contribution >= 4 is 15.9 Å². The number of hydrogen-bond acceptors (Lipinski definition) is 5. The summed E-state index contributed by atoms with van der Waals surface area (Å²) in [6.45, 7) is 0. The summed E-state index contributed by atoms with van der Waals surface area (Å²) >= 11 is 0. The van der Waals surface area contributed by atoms with Crippen molar-refractivity contribution in [1.82, 2.24) is 9.71 Å². The van der Waals surface area contributed by atoms with Gasteiger partial charge in [0.2, 0.25) is 15.9 Å². The number of ether oxygens (including phenoxy) is 1. The van der Waals surface area contributed by atoms with Crippen LogP contribution in [0.15, 0.2) is 30.5 Å². The van der Waals surface area contributed by atoms with E-state index in [4.69, 9.17) is 4.74 Å². The molecule has 140 valence electrons. The minimum absolute atomic E-state index is 0.384. The van der Waals surface area contributed by atoms with E-state index in [-0.39, 0.29) is 0 Å². The van der Waals surface area contributed by atoms with E-state index in [9.17, 15) is 35.2 Å². The molecule has 1 N–H and O–H groups in total. The summed E-state index contributed by atoms with van der Waals surface area (Å²) in [5.74, 6) is -5.18. The highest BCUT2D eigenvalue weighted by atomic mass is 32.2. The highest BCUT2D eigenvalue weighted by Crippen LogP contribution is 2.31. The van der Waals surface area contributed by atoms with E-state index in [1.807, 2.05) is 0 Å². The summed E-state index contributed by atoms with van der Waals surface area (Å²) in [4.78, 5) is 14.9. The van der Waals surface area contributed by atoms with Crippen LogP contribution in [-0.4, -0.2) is 25.6 Å². The molecule has 0 spiro atoms. The van der Waals surface area contributed by atoms with E-state index in [1.54, 1.807) is 0 Å². The lowest BCUT2D eigenvalue weighted by atomic mass is 10.2. The number of nitrogens with one attached hydrogen (secondary N) is 1. The maximum absolute atomic E-state index is 13.9. The number of rotatable bonds is 4. The van der Waals surface area contributed by atoms with E-state index >= 15 is 0 Å². The molecule has 1 aromatic carbocycles. The SMILES string of the molecule is CS(=O)(=O)NC(=O)c1cc(F)c(Oc2ccc(C(F)(F)F)cn2)cc1F. The van der Waals surface area contributed by atoms with Gasteiger partial charge in [0, 0.05) is 18.3 Å². The highest BCUT2D eigenvalue weighted by Gasteiger charge is 2.30. The Morgan fingerprint density at radius 1 is 1.15 bits per heavy atom. The lowest BCUT2D eigenvalue weighted by Gasteiger charge is -2.10. The molecule has 6 nitrogen and oxygen atoms in total. The zero-order valence-corrected chi connectivity index (χ0v) is 13.6. The van der Waals surface area contributed by atoms with Crippen LogP contribution in [0.4, 0.5) is 22.0 Å². The van der Waals surface area contributed by atoms with Crippen molar-refractivity contribution in [2.24, 2.45) is 0 Å². The lowest BCUT2D eigenvalue weighted by Crippen LogP contribution is -2.30. The number of benzene rings is 1. The van der Waals surface area contributed by atoms with Gasteiger partial charge in [-0.15, -0.1) is 0 Å². The molecule has 0 bridgehead atoms. The molecule has 2 aromatic rings. The average Bonchev–Trinajstić information content (AvgIpc) is 2.48. The first-order valence-electron chi connectivity index (χ1n) is 6.59. The number of pyridine rings is 1. The van der Waals surface area contributed by atoms with Crippen molar-refractivity contribution in [3.8, 4) is 11.6 Å². The average molecular weight is 396 g/mol. The Kier molecular flexibility index (Phi) is 5.16. The number of alkyl halides is 3. The van der Waals surface area contributed by atoms with Crippen LogP contribution in [-0.2, 0) is 16.2 Å². The lowest BCUT2D eigenvalue weighted by molar-refractivity contribution is -0.137. The van der Waals surface area contributed by atoms with E-state index in [1.165, 1.54) is 4.72 Å². The first-order chi connectivity index (χ1) is 11.9. The van der Waals surface area contributed by atoms with Gasteiger partial charge in [-0.3, -0.25) is 4.79 Å². The third kappa shape index (κ3) is 4.88. The van der Waals surface area contributed by atoms with Gasteiger partial charge >= 0.3 is 6.18 Å². The predicted octanol–water partition coefficient (Wildman–Crippen LogP) is 2.86. The third-order valence-corrected chi connectivity index (χ3v) is 3.38. The summed E-state index contributed by atoms with van der Waals surface area (Å²) in [6.07, 6.45) is -3.54. The maximum Gasteiger partial charge on any atom is 0.417 e. The molecule has 0 atom stereocenters. The van der Waals surface area contributed by atoms with Crippen molar-refractivity contribution in [2.75, 3.05) is 6.26 Å². The first kappa shape index (κ1) is 19.6. The molecule has 26 heavy (non-hydrogen) atoms. The maximum atomic E-state index is 13.9. The van der Waals surface area contributed by atoms with Crippen LogP contribution in [0.25, 0.3) is 0 Å². The molecular weight excluding hydrogens is 387 g/mol.